The number of hydrogen-bond acceptors (Lipinski definition) is 4. The lowest BCUT2D eigenvalue weighted by atomic mass is 9.83. The molecular weight excluding hydrogens is 463 g/mol. The van der Waals surface area contributed by atoms with Crippen LogP contribution in [0.4, 0.5) is 5.13 Å². The second-order valence-electron chi connectivity index (χ2n) is 7.83. The maximum absolute atomic E-state index is 12.6. The van der Waals surface area contributed by atoms with Crippen LogP contribution in [0.5, 0.6) is 0 Å². The van der Waals surface area contributed by atoms with Gasteiger partial charge in [-0.05, 0) is 41.3 Å². The van der Waals surface area contributed by atoms with Crippen molar-refractivity contribution < 1.29 is 0 Å². The van der Waals surface area contributed by atoms with Crippen LogP contribution in [0, 0.1) is 0 Å². The Bertz CT molecular complexity index is 1340. The lowest BCUT2D eigenvalue weighted by Crippen LogP contribution is -2.16. The summed E-state index contributed by atoms with van der Waals surface area (Å²) in [6.07, 6.45) is 2.67. The molecule has 2 aromatic carbocycles. The van der Waals surface area contributed by atoms with Crippen LogP contribution in [0.3, 0.4) is 0 Å². The predicted molar refractivity (Wildman–Crippen MR) is 133 cm³/mol. The first-order chi connectivity index (χ1) is 15.5. The van der Waals surface area contributed by atoms with Crippen molar-refractivity contribution in [3.05, 3.63) is 102 Å². The van der Waals surface area contributed by atoms with Gasteiger partial charge in [0.25, 0.3) is 5.56 Å². The van der Waals surface area contributed by atoms with Crippen LogP contribution in [0.15, 0.2) is 59.4 Å². The second-order valence-corrected chi connectivity index (χ2v) is 9.64. The van der Waals surface area contributed by atoms with E-state index in [1.54, 1.807) is 0 Å². The number of anilines is 1. The van der Waals surface area contributed by atoms with Crippen LogP contribution in [-0.4, -0.2) is 22.2 Å². The maximum atomic E-state index is 12.6. The molecule has 0 radical (unpaired) electrons. The van der Waals surface area contributed by atoms with E-state index in [9.17, 15) is 4.79 Å². The Morgan fingerprint density at radius 1 is 1.09 bits per heavy atom. The minimum absolute atomic E-state index is 0.125. The van der Waals surface area contributed by atoms with E-state index in [1.807, 2.05) is 55.6 Å². The molecule has 2 aromatic heterocycles. The minimum Gasteiger partial charge on any atom is -0.347 e. The smallest absolute Gasteiger partial charge is 0.268 e. The number of thiazole rings is 1. The van der Waals surface area contributed by atoms with Gasteiger partial charge >= 0.3 is 0 Å². The number of fused-ring (bicyclic) bond motifs is 1. The number of nitrogens with zero attached hydrogens (tertiary/aromatic N) is 2. The molecule has 0 spiro atoms. The summed E-state index contributed by atoms with van der Waals surface area (Å²) in [4.78, 5) is 20.2. The fourth-order valence-corrected chi connectivity index (χ4v) is 5.62. The van der Waals surface area contributed by atoms with Crippen molar-refractivity contribution in [1.29, 1.82) is 0 Å². The average Bonchev–Trinajstić information content (AvgIpc) is 3.37. The third-order valence-corrected chi connectivity index (χ3v) is 7.59. The topological polar surface area (TPSA) is 64.8 Å². The number of H-pyrrole nitrogens is 2. The quantitative estimate of drug-likeness (QED) is 0.356. The van der Waals surface area contributed by atoms with Gasteiger partial charge in [-0.2, -0.15) is 0 Å². The highest BCUT2D eigenvalue weighted by Gasteiger charge is 2.31. The molecule has 0 saturated heterocycles. The molecule has 0 saturated carbocycles. The van der Waals surface area contributed by atoms with Crippen LogP contribution in [0.25, 0.3) is 11.6 Å². The van der Waals surface area contributed by atoms with Gasteiger partial charge in [0, 0.05) is 24.5 Å². The Hall–Kier alpha value is -2.80. The molecule has 0 fully saturated rings. The maximum Gasteiger partial charge on any atom is 0.268 e. The molecule has 162 valence electrons. The summed E-state index contributed by atoms with van der Waals surface area (Å²) in [5.74, 6) is -0.181. The van der Waals surface area contributed by atoms with Crippen LogP contribution in [0.2, 0.25) is 10.2 Å². The molecule has 0 aliphatic heterocycles. The summed E-state index contributed by atoms with van der Waals surface area (Å²) in [5.41, 5.74) is 4.72. The van der Waals surface area contributed by atoms with Crippen LogP contribution < -0.4 is 10.5 Å². The molecule has 4 aromatic rings. The molecule has 0 bridgehead atoms. The standard InChI is InChI=1S/C24H20Cl2N4OS/c1-30(13-14-5-3-2-4-6-14)24-27-22(26)21(32-24)18-11-16(15-7-9-17(25)10-8-15)12-19-20(18)23(31)29-28-19/h2-10,12,18H,11,13H2,1H3,(H2,28,29,31). The third-order valence-electron chi connectivity index (χ3n) is 5.66. The number of nitrogens with one attached hydrogen (secondary N) is 2. The van der Waals surface area contributed by atoms with Gasteiger partial charge in [-0.3, -0.25) is 15.0 Å². The molecule has 5 nitrogen and oxygen atoms in total. The van der Waals surface area contributed by atoms with E-state index < -0.39 is 0 Å². The van der Waals surface area contributed by atoms with Gasteiger partial charge in [0.2, 0.25) is 0 Å². The highest BCUT2D eigenvalue weighted by molar-refractivity contribution is 7.16. The first-order valence-corrected chi connectivity index (χ1v) is 11.7. The van der Waals surface area contributed by atoms with E-state index in [0.717, 1.165) is 33.4 Å². The molecule has 1 aliphatic carbocycles. The Morgan fingerprint density at radius 2 is 1.84 bits per heavy atom. The van der Waals surface area contributed by atoms with Crippen LogP contribution in [0.1, 0.15) is 39.6 Å². The Balaban J connectivity index is 1.50. The van der Waals surface area contributed by atoms with Crippen molar-refractivity contribution in [2.45, 2.75) is 18.9 Å². The normalized spacial score (nSPS) is 15.3. The minimum atomic E-state index is -0.181. The van der Waals surface area contributed by atoms with E-state index in [0.29, 0.717) is 22.2 Å². The van der Waals surface area contributed by atoms with Gasteiger partial charge in [0.05, 0.1) is 16.1 Å². The Kier molecular flexibility index (Phi) is 5.67. The van der Waals surface area contributed by atoms with E-state index in [1.165, 1.54) is 16.9 Å². The molecule has 1 unspecified atom stereocenters. The molecular formula is C24H20Cl2N4OS. The van der Waals surface area contributed by atoms with E-state index in [2.05, 4.69) is 32.2 Å². The fourth-order valence-electron chi connectivity index (χ4n) is 4.09. The molecule has 32 heavy (non-hydrogen) atoms. The van der Waals surface area contributed by atoms with E-state index in [4.69, 9.17) is 23.2 Å². The lowest BCUT2D eigenvalue weighted by Gasteiger charge is -2.22. The first kappa shape index (κ1) is 21.1. The Morgan fingerprint density at radius 3 is 2.59 bits per heavy atom. The van der Waals surface area contributed by atoms with Crippen LogP contribution >= 0.6 is 34.5 Å². The SMILES string of the molecule is CN(Cc1ccccc1)c1nc(Cl)c(C2CC(c3ccc(Cl)cc3)=Cc3[nH][nH]c(=O)c32)s1. The Labute approximate surface area is 199 Å². The molecule has 8 heteroatoms. The van der Waals surface area contributed by atoms with Gasteiger partial charge in [0.15, 0.2) is 5.13 Å². The van der Waals surface area contributed by atoms with Crippen molar-refractivity contribution >= 4 is 51.3 Å². The van der Waals surface area contributed by atoms with Gasteiger partial charge in [-0.1, -0.05) is 77.0 Å². The van der Waals surface area contributed by atoms with E-state index in [-0.39, 0.29) is 11.5 Å². The highest BCUT2D eigenvalue weighted by Crippen LogP contribution is 2.45. The zero-order chi connectivity index (χ0) is 22.2. The summed E-state index contributed by atoms with van der Waals surface area (Å²) >= 11 is 14.2. The summed E-state index contributed by atoms with van der Waals surface area (Å²) in [6.45, 7) is 0.723. The number of aromatic nitrogens is 3. The number of hydrogen-bond donors (Lipinski definition) is 2. The summed E-state index contributed by atoms with van der Waals surface area (Å²) < 4.78 is 0. The fraction of sp³-hybridized carbons (Fsp3) is 0.167. The molecule has 2 heterocycles. The lowest BCUT2D eigenvalue weighted by molar-refractivity contribution is 0.840. The monoisotopic (exact) mass is 482 g/mol. The summed E-state index contributed by atoms with van der Waals surface area (Å²) in [5, 5.41) is 7.69. The van der Waals surface area contributed by atoms with Gasteiger partial charge in [0.1, 0.15) is 5.15 Å². The van der Waals surface area contributed by atoms with E-state index >= 15 is 0 Å². The molecule has 1 aliphatic rings. The van der Waals surface area contributed by atoms with Crippen molar-refractivity contribution in [3.63, 3.8) is 0 Å². The predicted octanol–water partition coefficient (Wildman–Crippen LogP) is 6.18. The van der Waals surface area contributed by atoms with Gasteiger partial charge < -0.3 is 4.90 Å². The van der Waals surface area contributed by atoms with Crippen molar-refractivity contribution in [2.24, 2.45) is 0 Å². The number of rotatable bonds is 5. The average molecular weight is 483 g/mol. The van der Waals surface area contributed by atoms with Crippen LogP contribution in [-0.2, 0) is 6.54 Å². The number of benzene rings is 2. The molecule has 5 rings (SSSR count). The molecule has 1 atom stereocenters. The zero-order valence-electron chi connectivity index (χ0n) is 17.2. The van der Waals surface area contributed by atoms with Crippen molar-refractivity contribution in [2.75, 3.05) is 11.9 Å². The molecule has 0 amide bonds. The van der Waals surface area contributed by atoms with Crippen molar-refractivity contribution in [3.8, 4) is 0 Å². The molecule has 2 N–H and O–H groups in total. The number of aromatic amines is 2. The van der Waals surface area contributed by atoms with Crippen molar-refractivity contribution in [1.82, 2.24) is 15.2 Å². The second kappa shape index (κ2) is 8.62. The summed E-state index contributed by atoms with van der Waals surface area (Å²) in [6, 6.07) is 18.0. The summed E-state index contributed by atoms with van der Waals surface area (Å²) in [7, 11) is 2.00. The zero-order valence-corrected chi connectivity index (χ0v) is 19.6. The number of allylic oxidation sites excluding steroid dienone is 1. The largest absolute Gasteiger partial charge is 0.347 e. The highest BCUT2D eigenvalue weighted by atomic mass is 35.5. The van der Waals surface area contributed by atoms with Gasteiger partial charge in [-0.25, -0.2) is 4.98 Å². The van der Waals surface area contributed by atoms with Gasteiger partial charge in [-0.15, -0.1) is 0 Å². The third kappa shape index (κ3) is 4.01. The first-order valence-electron chi connectivity index (χ1n) is 10.2. The number of halogens is 2.